The first-order chi connectivity index (χ1) is 16.4. The van der Waals surface area contributed by atoms with E-state index in [4.69, 9.17) is 25.8 Å². The normalized spacial score (nSPS) is 15.6. The molecule has 7 nitrogen and oxygen atoms in total. The lowest BCUT2D eigenvalue weighted by atomic mass is 9.94. The molecule has 34 heavy (non-hydrogen) atoms. The number of methoxy groups -OCH3 is 2. The highest BCUT2D eigenvalue weighted by atomic mass is 35.5. The van der Waals surface area contributed by atoms with Crippen molar-refractivity contribution in [2.24, 2.45) is 4.99 Å². The van der Waals surface area contributed by atoms with Crippen molar-refractivity contribution in [3.8, 4) is 11.5 Å². The van der Waals surface area contributed by atoms with E-state index in [1.165, 1.54) is 30.1 Å². The van der Waals surface area contributed by atoms with Crippen LogP contribution in [-0.2, 0) is 9.53 Å². The number of allylic oxidation sites excluding steroid dienone is 1. The van der Waals surface area contributed by atoms with Crippen LogP contribution in [-0.4, -0.2) is 31.4 Å². The van der Waals surface area contributed by atoms with E-state index in [9.17, 15) is 9.59 Å². The average molecular weight is 499 g/mol. The molecule has 2 heterocycles. The fourth-order valence-corrected chi connectivity index (χ4v) is 5.10. The number of ether oxygens (including phenoxy) is 3. The maximum absolute atomic E-state index is 13.7. The van der Waals surface area contributed by atoms with Gasteiger partial charge in [0.1, 0.15) is 6.04 Å². The number of hydrogen-bond donors (Lipinski definition) is 0. The summed E-state index contributed by atoms with van der Waals surface area (Å²) in [5, 5.41) is 0.610. The van der Waals surface area contributed by atoms with Gasteiger partial charge in [0.05, 0.1) is 36.6 Å². The Morgan fingerprint density at radius 3 is 2.56 bits per heavy atom. The number of nitrogens with zero attached hydrogens (tertiary/aromatic N) is 2. The summed E-state index contributed by atoms with van der Waals surface area (Å²) in [6, 6.07) is 11.7. The Hall–Kier alpha value is -3.36. The van der Waals surface area contributed by atoms with Crippen LogP contribution in [0.2, 0.25) is 5.02 Å². The van der Waals surface area contributed by atoms with Crippen LogP contribution in [0.1, 0.15) is 31.0 Å². The number of fused-ring (bicyclic) bond motifs is 1. The summed E-state index contributed by atoms with van der Waals surface area (Å²) in [4.78, 5) is 31.8. The fraction of sp³-hybridized carbons (Fsp3) is 0.240. The predicted molar refractivity (Wildman–Crippen MR) is 131 cm³/mol. The van der Waals surface area contributed by atoms with Gasteiger partial charge in [-0.25, -0.2) is 9.79 Å². The van der Waals surface area contributed by atoms with E-state index in [0.717, 1.165) is 5.56 Å². The number of hydrogen-bond acceptors (Lipinski definition) is 7. The summed E-state index contributed by atoms with van der Waals surface area (Å²) in [6.45, 7) is 3.66. The van der Waals surface area contributed by atoms with Gasteiger partial charge in [-0.2, -0.15) is 0 Å². The molecule has 0 fully saturated rings. The van der Waals surface area contributed by atoms with E-state index in [1.807, 2.05) is 12.1 Å². The molecule has 2 aromatic carbocycles. The summed E-state index contributed by atoms with van der Waals surface area (Å²) in [5.74, 6) is 0.380. The Kier molecular flexibility index (Phi) is 6.90. The molecule has 0 aliphatic carbocycles. The highest BCUT2D eigenvalue weighted by Gasteiger charge is 2.35. The molecule has 1 aliphatic heterocycles. The highest BCUT2D eigenvalue weighted by Crippen LogP contribution is 2.40. The van der Waals surface area contributed by atoms with E-state index in [1.54, 1.807) is 50.3 Å². The number of rotatable bonds is 6. The van der Waals surface area contributed by atoms with Gasteiger partial charge >= 0.3 is 5.97 Å². The molecule has 3 aromatic rings. The number of thiazole rings is 1. The van der Waals surface area contributed by atoms with Gasteiger partial charge in [0, 0.05) is 10.6 Å². The lowest BCUT2D eigenvalue weighted by Crippen LogP contribution is -2.40. The molecule has 1 unspecified atom stereocenters. The smallest absolute Gasteiger partial charge is 0.338 e. The number of carbonyl (C=O) groups is 1. The van der Waals surface area contributed by atoms with E-state index in [2.05, 4.69) is 4.99 Å². The molecule has 9 heteroatoms. The van der Waals surface area contributed by atoms with Crippen molar-refractivity contribution in [1.29, 1.82) is 0 Å². The van der Waals surface area contributed by atoms with Crippen molar-refractivity contribution >= 4 is 35.0 Å². The van der Waals surface area contributed by atoms with Crippen LogP contribution in [0, 0.1) is 0 Å². The van der Waals surface area contributed by atoms with Gasteiger partial charge in [-0.05, 0) is 43.7 Å². The van der Waals surface area contributed by atoms with Crippen molar-refractivity contribution in [3.05, 3.63) is 89.6 Å². The number of esters is 1. The van der Waals surface area contributed by atoms with Gasteiger partial charge in [-0.3, -0.25) is 9.36 Å². The van der Waals surface area contributed by atoms with Crippen LogP contribution in [0.5, 0.6) is 11.5 Å². The van der Waals surface area contributed by atoms with Crippen LogP contribution < -0.4 is 24.4 Å². The van der Waals surface area contributed by atoms with Gasteiger partial charge in [0.2, 0.25) is 0 Å². The maximum Gasteiger partial charge on any atom is 0.338 e. The molecule has 1 aromatic heterocycles. The Bertz CT molecular complexity index is 1450. The number of carbonyl (C=O) groups excluding carboxylic acids is 1. The largest absolute Gasteiger partial charge is 0.493 e. The Morgan fingerprint density at radius 1 is 1.18 bits per heavy atom. The molecular formula is C25H23ClN2O5S. The minimum absolute atomic E-state index is 0.193. The van der Waals surface area contributed by atoms with Crippen LogP contribution >= 0.6 is 22.9 Å². The Labute approximate surface area is 205 Å². The monoisotopic (exact) mass is 498 g/mol. The second-order valence-electron chi connectivity index (χ2n) is 7.44. The molecule has 4 rings (SSSR count). The molecular weight excluding hydrogens is 476 g/mol. The molecule has 0 radical (unpaired) electrons. The second-order valence-corrected chi connectivity index (χ2v) is 8.88. The minimum atomic E-state index is -0.798. The number of aromatic nitrogens is 1. The third kappa shape index (κ3) is 4.26. The zero-order valence-electron chi connectivity index (χ0n) is 19.1. The van der Waals surface area contributed by atoms with Crippen LogP contribution in [0.15, 0.2) is 63.5 Å². The van der Waals surface area contributed by atoms with E-state index in [0.29, 0.717) is 37.1 Å². The zero-order valence-corrected chi connectivity index (χ0v) is 20.7. The minimum Gasteiger partial charge on any atom is -0.493 e. The van der Waals surface area contributed by atoms with Crippen molar-refractivity contribution in [2.75, 3.05) is 20.8 Å². The summed E-state index contributed by atoms with van der Waals surface area (Å²) < 4.78 is 18.5. The Morgan fingerprint density at radius 2 is 1.91 bits per heavy atom. The molecule has 0 saturated carbocycles. The molecule has 1 atom stereocenters. The first-order valence-corrected chi connectivity index (χ1v) is 11.7. The van der Waals surface area contributed by atoms with Crippen molar-refractivity contribution in [2.45, 2.75) is 19.9 Å². The first kappa shape index (κ1) is 23.8. The molecule has 0 saturated heterocycles. The summed E-state index contributed by atoms with van der Waals surface area (Å²) >= 11 is 7.24. The fourth-order valence-electron chi connectivity index (χ4n) is 3.92. The van der Waals surface area contributed by atoms with Gasteiger partial charge in [-0.1, -0.05) is 47.2 Å². The first-order valence-electron chi connectivity index (χ1n) is 10.6. The zero-order chi connectivity index (χ0) is 24.4. The van der Waals surface area contributed by atoms with Gasteiger partial charge in [0.15, 0.2) is 16.3 Å². The van der Waals surface area contributed by atoms with E-state index < -0.39 is 12.0 Å². The number of benzene rings is 2. The highest BCUT2D eigenvalue weighted by molar-refractivity contribution is 7.07. The van der Waals surface area contributed by atoms with Crippen LogP contribution in [0.25, 0.3) is 6.08 Å². The van der Waals surface area contributed by atoms with Gasteiger partial charge < -0.3 is 14.2 Å². The molecule has 176 valence electrons. The van der Waals surface area contributed by atoms with Crippen LogP contribution in [0.4, 0.5) is 0 Å². The third-order valence-electron chi connectivity index (χ3n) is 5.41. The lowest BCUT2D eigenvalue weighted by Gasteiger charge is -2.26. The quantitative estimate of drug-likeness (QED) is 0.486. The Balaban J connectivity index is 2.01. The molecule has 0 amide bonds. The lowest BCUT2D eigenvalue weighted by molar-refractivity contribution is -0.139. The van der Waals surface area contributed by atoms with Crippen LogP contribution in [0.3, 0.4) is 0 Å². The molecule has 0 N–H and O–H groups in total. The average Bonchev–Trinajstić information content (AvgIpc) is 3.13. The predicted octanol–water partition coefficient (Wildman–Crippen LogP) is 3.47. The van der Waals surface area contributed by atoms with E-state index in [-0.39, 0.29) is 17.7 Å². The molecule has 0 bridgehead atoms. The summed E-state index contributed by atoms with van der Waals surface area (Å²) in [5.41, 5.74) is 1.90. The number of para-hydroxylation sites is 1. The molecule has 0 spiro atoms. The van der Waals surface area contributed by atoms with Gasteiger partial charge in [0.25, 0.3) is 5.56 Å². The van der Waals surface area contributed by atoms with Crippen molar-refractivity contribution in [3.63, 3.8) is 0 Å². The third-order valence-corrected chi connectivity index (χ3v) is 6.65. The van der Waals surface area contributed by atoms with E-state index >= 15 is 0 Å². The standard InChI is InChI=1S/C25H23ClN2O5S/c1-5-33-24(30)20-14(2)27-25-28(21(20)17-7-6-8-18(31-3)22(17)32-4)23(29)19(34-25)13-15-9-11-16(26)12-10-15/h6-13,21H,5H2,1-4H3. The maximum atomic E-state index is 13.7. The SMILES string of the molecule is CCOC(=O)C1=C(C)N=c2sc(=Cc3ccc(Cl)cc3)c(=O)n2C1c1cccc(OC)c1OC. The summed E-state index contributed by atoms with van der Waals surface area (Å²) in [7, 11) is 3.05. The topological polar surface area (TPSA) is 79.1 Å². The van der Waals surface area contributed by atoms with Crippen molar-refractivity contribution in [1.82, 2.24) is 4.57 Å². The number of halogens is 1. The summed E-state index contributed by atoms with van der Waals surface area (Å²) in [6.07, 6.45) is 1.78. The van der Waals surface area contributed by atoms with Gasteiger partial charge in [-0.15, -0.1) is 0 Å². The second kappa shape index (κ2) is 9.87. The van der Waals surface area contributed by atoms with Crippen molar-refractivity contribution < 1.29 is 19.0 Å². The molecule has 1 aliphatic rings.